The van der Waals surface area contributed by atoms with Crippen LogP contribution in [-0.2, 0) is 16.6 Å². The molecule has 1 aromatic heterocycles. The molecule has 1 N–H and O–H groups in total. The van der Waals surface area contributed by atoms with Crippen LogP contribution in [0.5, 0.6) is 5.75 Å². The summed E-state index contributed by atoms with van der Waals surface area (Å²) in [4.78, 5) is 2.49. The van der Waals surface area contributed by atoms with Crippen molar-refractivity contribution in [1.29, 1.82) is 0 Å². The summed E-state index contributed by atoms with van der Waals surface area (Å²) in [5.41, 5.74) is 4.69. The van der Waals surface area contributed by atoms with Gasteiger partial charge in [-0.1, -0.05) is 60.2 Å². The van der Waals surface area contributed by atoms with Gasteiger partial charge in [0.05, 0.1) is 23.2 Å². The van der Waals surface area contributed by atoms with Gasteiger partial charge in [-0.3, -0.25) is 4.90 Å². The SMILES string of the molecule is C/C=C1/CN(Cc2ccc(OC)cc2)CC[C@H]1C(O)c1cc2cc(-c3ccc(F)cc3)ccc2n1S(=O)(=O)c1ccccc1. The van der Waals surface area contributed by atoms with Gasteiger partial charge >= 0.3 is 0 Å². The summed E-state index contributed by atoms with van der Waals surface area (Å²) in [5, 5.41) is 12.7. The highest BCUT2D eigenvalue weighted by molar-refractivity contribution is 7.90. The van der Waals surface area contributed by atoms with Crippen LogP contribution in [0.4, 0.5) is 4.39 Å². The van der Waals surface area contributed by atoms with Crippen molar-refractivity contribution in [2.75, 3.05) is 20.2 Å². The Morgan fingerprint density at radius 2 is 1.66 bits per heavy atom. The fourth-order valence-electron chi connectivity index (χ4n) is 6.16. The molecule has 6 rings (SSSR count). The maximum atomic E-state index is 14.1. The molecule has 2 heterocycles. The molecular formula is C36H35FN2O4S. The third kappa shape index (κ3) is 5.80. The molecule has 5 aromatic rings. The van der Waals surface area contributed by atoms with Gasteiger partial charge in [0.15, 0.2) is 0 Å². The molecule has 8 heteroatoms. The van der Waals surface area contributed by atoms with Crippen LogP contribution in [0.15, 0.2) is 120 Å². The highest BCUT2D eigenvalue weighted by atomic mass is 32.2. The van der Waals surface area contributed by atoms with Gasteiger partial charge in [0.25, 0.3) is 10.0 Å². The van der Waals surface area contributed by atoms with E-state index in [-0.39, 0.29) is 16.6 Å². The molecule has 4 aromatic carbocycles. The van der Waals surface area contributed by atoms with E-state index in [0.29, 0.717) is 29.6 Å². The van der Waals surface area contributed by atoms with E-state index in [9.17, 15) is 17.9 Å². The van der Waals surface area contributed by atoms with Gasteiger partial charge in [0.2, 0.25) is 0 Å². The number of hydrogen-bond donors (Lipinski definition) is 1. The quantitative estimate of drug-likeness (QED) is 0.188. The van der Waals surface area contributed by atoms with Gasteiger partial charge in [-0.05, 0) is 91.2 Å². The second-order valence-corrected chi connectivity index (χ2v) is 13.0. The third-order valence-electron chi connectivity index (χ3n) is 8.50. The van der Waals surface area contributed by atoms with Crippen molar-refractivity contribution < 1.29 is 22.7 Å². The summed E-state index contributed by atoms with van der Waals surface area (Å²) >= 11 is 0. The average Bonchev–Trinajstić information content (AvgIpc) is 3.45. The Morgan fingerprint density at radius 1 is 0.955 bits per heavy atom. The first-order chi connectivity index (χ1) is 21.3. The minimum Gasteiger partial charge on any atom is -0.497 e. The number of allylic oxidation sites excluding steroid dienone is 1. The molecule has 0 radical (unpaired) electrons. The van der Waals surface area contributed by atoms with E-state index in [4.69, 9.17) is 4.74 Å². The largest absolute Gasteiger partial charge is 0.497 e. The topological polar surface area (TPSA) is 71.8 Å². The number of nitrogens with zero attached hydrogens (tertiary/aromatic N) is 2. The molecule has 0 amide bonds. The van der Waals surface area contributed by atoms with Gasteiger partial charge < -0.3 is 9.84 Å². The summed E-state index contributed by atoms with van der Waals surface area (Å²) in [5.74, 6) is 0.239. The van der Waals surface area contributed by atoms with Gasteiger partial charge in [0, 0.05) is 24.4 Å². The Hall–Kier alpha value is -4.24. The Bertz CT molecular complexity index is 1900. The lowest BCUT2D eigenvalue weighted by Crippen LogP contribution is -2.37. The predicted octanol–water partition coefficient (Wildman–Crippen LogP) is 7.19. The number of ether oxygens (including phenoxy) is 1. The molecule has 1 fully saturated rings. The maximum absolute atomic E-state index is 14.1. The first kappa shape index (κ1) is 29.8. The maximum Gasteiger partial charge on any atom is 0.268 e. The third-order valence-corrected chi connectivity index (χ3v) is 10.3. The molecule has 1 aliphatic heterocycles. The molecule has 0 bridgehead atoms. The molecule has 1 saturated heterocycles. The lowest BCUT2D eigenvalue weighted by atomic mass is 9.84. The molecule has 2 atom stereocenters. The van der Waals surface area contributed by atoms with Crippen LogP contribution >= 0.6 is 0 Å². The second kappa shape index (κ2) is 12.4. The summed E-state index contributed by atoms with van der Waals surface area (Å²) in [6, 6.07) is 29.8. The second-order valence-electron chi connectivity index (χ2n) is 11.2. The van der Waals surface area contributed by atoms with E-state index in [2.05, 4.69) is 17.0 Å². The van der Waals surface area contributed by atoms with Crippen LogP contribution in [0.25, 0.3) is 22.0 Å². The summed E-state index contributed by atoms with van der Waals surface area (Å²) in [7, 11) is -2.38. The van der Waals surface area contributed by atoms with Crippen molar-refractivity contribution in [3.63, 3.8) is 0 Å². The van der Waals surface area contributed by atoms with Crippen molar-refractivity contribution in [1.82, 2.24) is 8.87 Å². The van der Waals surface area contributed by atoms with E-state index >= 15 is 0 Å². The molecule has 44 heavy (non-hydrogen) atoms. The smallest absolute Gasteiger partial charge is 0.268 e. The van der Waals surface area contributed by atoms with Crippen LogP contribution < -0.4 is 4.74 Å². The molecule has 0 saturated carbocycles. The number of hydrogen-bond acceptors (Lipinski definition) is 5. The normalized spacial score (nSPS) is 17.6. The number of aromatic nitrogens is 1. The van der Waals surface area contributed by atoms with Crippen molar-refractivity contribution in [2.24, 2.45) is 5.92 Å². The summed E-state index contributed by atoms with van der Waals surface area (Å²) in [6.07, 6.45) is 1.66. The van der Waals surface area contributed by atoms with E-state index < -0.39 is 16.1 Å². The standard InChI is InChI=1S/C36H35FN2O4S/c1-3-26-24-38(23-25-9-16-31(43-2)17-10-25)20-19-33(26)36(40)35-22-29-21-28(27-11-14-30(37)15-12-27)13-18-34(29)39(35)44(41,42)32-7-5-4-6-8-32/h3-18,21-22,33,36,40H,19-20,23-24H2,1-2H3/b26-3-/t33-,36?/m1/s1. The molecule has 0 aliphatic carbocycles. The number of halogens is 1. The molecule has 6 nitrogen and oxygen atoms in total. The van der Waals surface area contributed by atoms with Gasteiger partial charge in [0.1, 0.15) is 17.7 Å². The van der Waals surface area contributed by atoms with Crippen LogP contribution in [0, 0.1) is 11.7 Å². The zero-order chi connectivity index (χ0) is 30.8. The molecular weight excluding hydrogens is 575 g/mol. The Labute approximate surface area is 257 Å². The molecule has 0 spiro atoms. The first-order valence-electron chi connectivity index (χ1n) is 14.7. The van der Waals surface area contributed by atoms with Crippen molar-refractivity contribution in [3.8, 4) is 16.9 Å². The number of fused-ring (bicyclic) bond motifs is 1. The van der Waals surface area contributed by atoms with Crippen LogP contribution in [0.2, 0.25) is 0 Å². The van der Waals surface area contributed by atoms with E-state index in [0.717, 1.165) is 35.5 Å². The van der Waals surface area contributed by atoms with Crippen molar-refractivity contribution in [3.05, 3.63) is 132 Å². The predicted molar refractivity (Wildman–Crippen MR) is 171 cm³/mol. The monoisotopic (exact) mass is 610 g/mol. The summed E-state index contributed by atoms with van der Waals surface area (Å²) < 4.78 is 48.4. The zero-order valence-electron chi connectivity index (χ0n) is 24.7. The number of likely N-dealkylation sites (tertiary alicyclic amines) is 1. The lowest BCUT2D eigenvalue weighted by molar-refractivity contribution is 0.0866. The minimum atomic E-state index is -4.03. The number of methoxy groups -OCH3 is 1. The molecule has 1 unspecified atom stereocenters. The van der Waals surface area contributed by atoms with E-state index in [1.54, 1.807) is 61.7 Å². The number of aliphatic hydroxyl groups excluding tert-OH is 1. The molecule has 1 aliphatic rings. The van der Waals surface area contributed by atoms with Crippen molar-refractivity contribution >= 4 is 20.9 Å². The highest BCUT2D eigenvalue weighted by Crippen LogP contribution is 2.39. The molecule has 226 valence electrons. The Balaban J connectivity index is 1.36. The number of benzene rings is 4. The van der Waals surface area contributed by atoms with E-state index in [1.165, 1.54) is 21.7 Å². The van der Waals surface area contributed by atoms with Gasteiger partial charge in [-0.25, -0.2) is 16.8 Å². The lowest BCUT2D eigenvalue weighted by Gasteiger charge is -2.37. The fourth-order valence-corrected chi connectivity index (χ4v) is 7.74. The van der Waals surface area contributed by atoms with Crippen molar-refractivity contribution in [2.45, 2.75) is 30.9 Å². The summed E-state index contributed by atoms with van der Waals surface area (Å²) in [6.45, 7) is 4.16. The first-order valence-corrected chi connectivity index (χ1v) is 16.1. The number of rotatable bonds is 8. The van der Waals surface area contributed by atoms with Crippen LogP contribution in [-0.4, -0.2) is 42.6 Å². The minimum absolute atomic E-state index is 0.147. The Morgan fingerprint density at radius 3 is 2.34 bits per heavy atom. The fraction of sp³-hybridized carbons (Fsp3) is 0.222. The van der Waals surface area contributed by atoms with Crippen LogP contribution in [0.1, 0.15) is 30.7 Å². The number of piperidine rings is 1. The zero-order valence-corrected chi connectivity index (χ0v) is 25.5. The van der Waals surface area contributed by atoms with E-state index in [1.807, 2.05) is 37.3 Å². The van der Waals surface area contributed by atoms with Gasteiger partial charge in [-0.15, -0.1) is 0 Å². The Kier molecular flexibility index (Phi) is 8.40. The van der Waals surface area contributed by atoms with Gasteiger partial charge in [-0.2, -0.15) is 0 Å². The van der Waals surface area contributed by atoms with Crippen LogP contribution in [0.3, 0.4) is 0 Å². The average molecular weight is 611 g/mol. The highest BCUT2D eigenvalue weighted by Gasteiger charge is 2.34. The number of aliphatic hydroxyl groups is 1.